The molecule has 0 bridgehead atoms. The van der Waals surface area contributed by atoms with Crippen LogP contribution in [0.5, 0.6) is 0 Å². The van der Waals surface area contributed by atoms with E-state index in [4.69, 9.17) is 5.73 Å². The fourth-order valence-electron chi connectivity index (χ4n) is 1.93. The molecule has 1 saturated heterocycles. The molecule has 1 aliphatic rings. The molecule has 3 amide bonds. The molecule has 0 atom stereocenters. The van der Waals surface area contributed by atoms with Gasteiger partial charge in [-0.05, 0) is 24.8 Å². The van der Waals surface area contributed by atoms with Crippen molar-refractivity contribution >= 4 is 17.7 Å². The van der Waals surface area contributed by atoms with E-state index in [0.717, 1.165) is 6.42 Å². The fraction of sp³-hybridized carbons (Fsp3) is 0.750. The molecule has 0 aromatic rings. The summed E-state index contributed by atoms with van der Waals surface area (Å²) in [6.07, 6.45) is 1.89. The predicted octanol–water partition coefficient (Wildman–Crippen LogP) is -0.373. The fourth-order valence-corrected chi connectivity index (χ4v) is 1.93. The Hall–Kier alpha value is -1.43. The van der Waals surface area contributed by atoms with Crippen LogP contribution < -0.4 is 11.1 Å². The lowest BCUT2D eigenvalue weighted by atomic mass is 9.84. The molecule has 102 valence electrons. The van der Waals surface area contributed by atoms with Crippen molar-refractivity contribution in [1.82, 2.24) is 10.2 Å². The Morgan fingerprint density at radius 2 is 1.83 bits per heavy atom. The van der Waals surface area contributed by atoms with Gasteiger partial charge in [-0.3, -0.25) is 19.7 Å². The number of piperazine rings is 1. The summed E-state index contributed by atoms with van der Waals surface area (Å²) < 4.78 is 0. The van der Waals surface area contributed by atoms with Crippen LogP contribution in [0.1, 0.15) is 33.1 Å². The standard InChI is InChI=1S/C12H21N3O3/c1-12(2,5-6-13)4-3-11(18)15-7-9(16)14-10(17)8-15/h3-8,13H2,1-2H3,(H,14,16,17). The first-order chi connectivity index (χ1) is 8.34. The second kappa shape index (κ2) is 5.95. The van der Waals surface area contributed by atoms with Crippen LogP contribution in [0.25, 0.3) is 0 Å². The Balaban J connectivity index is 2.45. The van der Waals surface area contributed by atoms with Crippen molar-refractivity contribution in [3.05, 3.63) is 0 Å². The smallest absolute Gasteiger partial charge is 0.246 e. The summed E-state index contributed by atoms with van der Waals surface area (Å²) in [6.45, 7) is 4.65. The Labute approximate surface area is 107 Å². The topological polar surface area (TPSA) is 92.5 Å². The van der Waals surface area contributed by atoms with Crippen LogP contribution in [-0.2, 0) is 14.4 Å². The lowest BCUT2D eigenvalue weighted by Crippen LogP contribution is -2.53. The van der Waals surface area contributed by atoms with Crippen molar-refractivity contribution in [3.8, 4) is 0 Å². The Bertz CT molecular complexity index is 336. The minimum atomic E-state index is -0.416. The number of rotatable bonds is 5. The number of hydrogen-bond donors (Lipinski definition) is 2. The van der Waals surface area contributed by atoms with Gasteiger partial charge in [-0.25, -0.2) is 0 Å². The van der Waals surface area contributed by atoms with Crippen LogP contribution >= 0.6 is 0 Å². The SMILES string of the molecule is CC(C)(CCN)CCC(=O)N1CC(=O)NC(=O)C1. The van der Waals surface area contributed by atoms with Gasteiger partial charge in [-0.15, -0.1) is 0 Å². The van der Waals surface area contributed by atoms with E-state index in [0.29, 0.717) is 19.4 Å². The largest absolute Gasteiger partial charge is 0.330 e. The first-order valence-corrected chi connectivity index (χ1v) is 6.14. The van der Waals surface area contributed by atoms with E-state index in [1.165, 1.54) is 4.90 Å². The summed E-state index contributed by atoms with van der Waals surface area (Å²) in [5, 5.41) is 2.17. The van der Waals surface area contributed by atoms with Crippen LogP contribution in [0.4, 0.5) is 0 Å². The first-order valence-electron chi connectivity index (χ1n) is 6.14. The van der Waals surface area contributed by atoms with Gasteiger partial charge < -0.3 is 10.6 Å². The van der Waals surface area contributed by atoms with Gasteiger partial charge in [-0.2, -0.15) is 0 Å². The highest BCUT2D eigenvalue weighted by atomic mass is 16.2. The number of nitrogens with zero attached hydrogens (tertiary/aromatic N) is 1. The highest BCUT2D eigenvalue weighted by molar-refractivity contribution is 6.02. The number of imide groups is 1. The van der Waals surface area contributed by atoms with Crippen molar-refractivity contribution < 1.29 is 14.4 Å². The zero-order chi connectivity index (χ0) is 13.8. The van der Waals surface area contributed by atoms with Gasteiger partial charge >= 0.3 is 0 Å². The molecule has 3 N–H and O–H groups in total. The highest BCUT2D eigenvalue weighted by Crippen LogP contribution is 2.26. The van der Waals surface area contributed by atoms with Gasteiger partial charge in [0.2, 0.25) is 17.7 Å². The summed E-state index contributed by atoms with van der Waals surface area (Å²) in [5.41, 5.74) is 5.51. The van der Waals surface area contributed by atoms with Crippen LogP contribution in [0.3, 0.4) is 0 Å². The van der Waals surface area contributed by atoms with Crippen molar-refractivity contribution in [2.45, 2.75) is 33.1 Å². The summed E-state index contributed by atoms with van der Waals surface area (Å²) >= 11 is 0. The second-order valence-electron chi connectivity index (χ2n) is 5.42. The molecule has 0 aromatic carbocycles. The summed E-state index contributed by atoms with van der Waals surface area (Å²) in [6, 6.07) is 0. The van der Waals surface area contributed by atoms with Crippen LogP contribution in [-0.4, -0.2) is 42.3 Å². The van der Waals surface area contributed by atoms with E-state index in [1.807, 2.05) is 0 Å². The number of amides is 3. The van der Waals surface area contributed by atoms with E-state index >= 15 is 0 Å². The molecular formula is C12H21N3O3. The van der Waals surface area contributed by atoms with E-state index in [1.54, 1.807) is 0 Å². The van der Waals surface area contributed by atoms with Crippen LogP contribution in [0, 0.1) is 5.41 Å². The third kappa shape index (κ3) is 4.44. The number of nitrogens with one attached hydrogen (secondary N) is 1. The third-order valence-electron chi connectivity index (χ3n) is 3.14. The Morgan fingerprint density at radius 3 is 2.33 bits per heavy atom. The summed E-state index contributed by atoms with van der Waals surface area (Å²) in [7, 11) is 0. The van der Waals surface area contributed by atoms with Gasteiger partial charge in [0.05, 0.1) is 0 Å². The maximum absolute atomic E-state index is 11.9. The molecular weight excluding hydrogens is 234 g/mol. The minimum absolute atomic E-state index is 0.00641. The maximum Gasteiger partial charge on any atom is 0.246 e. The average molecular weight is 255 g/mol. The lowest BCUT2D eigenvalue weighted by molar-refractivity contribution is -0.145. The molecule has 18 heavy (non-hydrogen) atoms. The Kier molecular flexibility index (Phi) is 4.84. The molecule has 1 fully saturated rings. The van der Waals surface area contributed by atoms with Gasteiger partial charge in [0.25, 0.3) is 0 Å². The minimum Gasteiger partial charge on any atom is -0.330 e. The molecule has 0 aliphatic carbocycles. The third-order valence-corrected chi connectivity index (χ3v) is 3.14. The monoisotopic (exact) mass is 255 g/mol. The molecule has 0 spiro atoms. The predicted molar refractivity (Wildman–Crippen MR) is 66.4 cm³/mol. The van der Waals surface area contributed by atoms with Gasteiger partial charge in [-0.1, -0.05) is 13.8 Å². The number of carbonyl (C=O) groups is 3. The molecule has 6 heteroatoms. The Morgan fingerprint density at radius 1 is 1.28 bits per heavy atom. The van der Waals surface area contributed by atoms with Crippen molar-refractivity contribution in [2.24, 2.45) is 11.1 Å². The highest BCUT2D eigenvalue weighted by Gasteiger charge is 2.27. The van der Waals surface area contributed by atoms with Gasteiger partial charge in [0, 0.05) is 6.42 Å². The summed E-state index contributed by atoms with van der Waals surface area (Å²) in [5.74, 6) is -0.982. The lowest BCUT2D eigenvalue weighted by Gasteiger charge is -2.28. The van der Waals surface area contributed by atoms with E-state index in [9.17, 15) is 14.4 Å². The van der Waals surface area contributed by atoms with E-state index in [2.05, 4.69) is 19.2 Å². The first kappa shape index (κ1) is 14.6. The molecule has 0 aromatic heterocycles. The van der Waals surface area contributed by atoms with Crippen molar-refractivity contribution in [3.63, 3.8) is 0 Å². The zero-order valence-electron chi connectivity index (χ0n) is 11.0. The number of nitrogens with two attached hydrogens (primary N) is 1. The molecule has 1 heterocycles. The van der Waals surface area contributed by atoms with Gasteiger partial charge in [0.15, 0.2) is 0 Å². The molecule has 1 aliphatic heterocycles. The second-order valence-corrected chi connectivity index (χ2v) is 5.42. The van der Waals surface area contributed by atoms with Crippen molar-refractivity contribution in [1.29, 1.82) is 0 Å². The van der Waals surface area contributed by atoms with Gasteiger partial charge in [0.1, 0.15) is 13.1 Å². The molecule has 6 nitrogen and oxygen atoms in total. The summed E-state index contributed by atoms with van der Waals surface area (Å²) in [4.78, 5) is 35.5. The molecule has 0 unspecified atom stereocenters. The number of hydrogen-bond acceptors (Lipinski definition) is 4. The van der Waals surface area contributed by atoms with E-state index < -0.39 is 11.8 Å². The van der Waals surface area contributed by atoms with Crippen LogP contribution in [0.15, 0.2) is 0 Å². The van der Waals surface area contributed by atoms with Crippen molar-refractivity contribution in [2.75, 3.05) is 19.6 Å². The maximum atomic E-state index is 11.9. The normalized spacial score (nSPS) is 16.7. The average Bonchev–Trinajstić information content (AvgIpc) is 2.24. The van der Waals surface area contributed by atoms with Crippen LogP contribution in [0.2, 0.25) is 0 Å². The quantitative estimate of drug-likeness (QED) is 0.655. The number of carbonyl (C=O) groups excluding carboxylic acids is 3. The molecule has 1 rings (SSSR count). The molecule has 0 radical (unpaired) electrons. The van der Waals surface area contributed by atoms with E-state index in [-0.39, 0.29) is 24.4 Å². The zero-order valence-corrected chi connectivity index (χ0v) is 11.0. The molecule has 0 saturated carbocycles.